The van der Waals surface area contributed by atoms with Crippen LogP contribution in [0.15, 0.2) is 24.3 Å². The topological polar surface area (TPSA) is 50.4 Å². The second-order valence-electron chi connectivity index (χ2n) is 4.93. The van der Waals surface area contributed by atoms with Gasteiger partial charge in [0.2, 0.25) is 5.91 Å². The molecule has 1 aromatic rings. The molecule has 0 radical (unpaired) electrons. The Morgan fingerprint density at radius 3 is 2.67 bits per heavy atom. The Hall–Kier alpha value is -1.69. The first-order valence-corrected chi connectivity index (χ1v) is 6.99. The molecule has 0 fully saturated rings. The average Bonchev–Trinajstić information content (AvgIpc) is 2.44. The van der Waals surface area contributed by atoms with Gasteiger partial charge in [-0.3, -0.25) is 4.79 Å². The van der Waals surface area contributed by atoms with E-state index in [0.717, 1.165) is 6.42 Å². The zero-order chi connectivity index (χ0) is 15.8. The van der Waals surface area contributed by atoms with Gasteiger partial charge >= 0.3 is 6.61 Å². The number of hydrogen-bond acceptors (Lipinski definition) is 3. The highest BCUT2D eigenvalue weighted by atomic mass is 19.3. The summed E-state index contributed by atoms with van der Waals surface area (Å²) in [5.41, 5.74) is 0.713. The van der Waals surface area contributed by atoms with Crippen LogP contribution in [0, 0.1) is 0 Å². The minimum Gasteiger partial charge on any atom is -0.435 e. The average molecular weight is 300 g/mol. The van der Waals surface area contributed by atoms with Gasteiger partial charge < -0.3 is 15.4 Å². The molecule has 0 spiro atoms. The van der Waals surface area contributed by atoms with Crippen molar-refractivity contribution < 1.29 is 18.3 Å². The van der Waals surface area contributed by atoms with Crippen LogP contribution in [0.2, 0.25) is 0 Å². The minimum atomic E-state index is -2.86. The number of hydrogen-bond donors (Lipinski definition) is 2. The van der Waals surface area contributed by atoms with Crippen molar-refractivity contribution in [2.24, 2.45) is 0 Å². The van der Waals surface area contributed by atoms with Crippen molar-refractivity contribution in [3.63, 3.8) is 0 Å². The summed E-state index contributed by atoms with van der Waals surface area (Å²) in [4.78, 5) is 11.8. The Bertz CT molecular complexity index is 455. The maximum absolute atomic E-state index is 12.2. The van der Waals surface area contributed by atoms with Gasteiger partial charge in [-0.05, 0) is 38.0 Å². The summed E-state index contributed by atoms with van der Waals surface area (Å²) < 4.78 is 28.7. The first-order chi connectivity index (χ1) is 9.92. The highest BCUT2D eigenvalue weighted by Gasteiger charge is 2.12. The molecule has 1 rings (SSSR count). The molecule has 0 heterocycles. The minimum absolute atomic E-state index is 0.0846. The van der Waals surface area contributed by atoms with Crippen LogP contribution in [0.5, 0.6) is 5.75 Å². The van der Waals surface area contributed by atoms with Crippen molar-refractivity contribution in [3.05, 3.63) is 29.8 Å². The van der Waals surface area contributed by atoms with Crippen LogP contribution in [0.1, 0.15) is 38.8 Å². The smallest absolute Gasteiger partial charge is 0.387 e. The summed E-state index contributed by atoms with van der Waals surface area (Å²) in [6.45, 7) is 3.20. The van der Waals surface area contributed by atoms with Crippen molar-refractivity contribution in [2.75, 3.05) is 6.54 Å². The van der Waals surface area contributed by atoms with Crippen LogP contribution in [0.25, 0.3) is 0 Å². The molecule has 1 amide bonds. The second-order valence-corrected chi connectivity index (χ2v) is 4.93. The normalized spacial score (nSPS) is 13.8. The second kappa shape index (κ2) is 8.56. The molecule has 1 aromatic carbocycles. The highest BCUT2D eigenvalue weighted by Crippen LogP contribution is 2.20. The summed E-state index contributed by atoms with van der Waals surface area (Å²) >= 11 is 0. The Balaban J connectivity index is 2.54. The van der Waals surface area contributed by atoms with Gasteiger partial charge in [-0.1, -0.05) is 19.1 Å². The first-order valence-electron chi connectivity index (χ1n) is 6.99. The van der Waals surface area contributed by atoms with Gasteiger partial charge in [-0.15, -0.1) is 0 Å². The molecule has 2 atom stereocenters. The van der Waals surface area contributed by atoms with E-state index in [1.165, 1.54) is 12.1 Å². The van der Waals surface area contributed by atoms with Gasteiger partial charge in [-0.25, -0.2) is 0 Å². The molecule has 0 aliphatic carbocycles. The molecule has 0 aromatic heterocycles. The summed E-state index contributed by atoms with van der Waals surface area (Å²) in [7, 11) is 0. The van der Waals surface area contributed by atoms with Gasteiger partial charge in [0.1, 0.15) is 5.75 Å². The van der Waals surface area contributed by atoms with Crippen LogP contribution in [0.4, 0.5) is 8.78 Å². The summed E-state index contributed by atoms with van der Waals surface area (Å²) in [5.74, 6) is -0.0516. The largest absolute Gasteiger partial charge is 0.435 e. The van der Waals surface area contributed by atoms with E-state index in [-0.39, 0.29) is 30.3 Å². The van der Waals surface area contributed by atoms with Gasteiger partial charge in [0.15, 0.2) is 0 Å². The summed E-state index contributed by atoms with van der Waals surface area (Å²) in [6, 6.07) is 6.32. The van der Waals surface area contributed by atoms with Crippen LogP contribution < -0.4 is 15.4 Å². The zero-order valence-electron chi connectivity index (χ0n) is 12.5. The molecule has 6 heteroatoms. The fourth-order valence-electron chi connectivity index (χ4n) is 1.75. The van der Waals surface area contributed by atoms with Crippen LogP contribution in [-0.2, 0) is 4.79 Å². The van der Waals surface area contributed by atoms with E-state index in [4.69, 9.17) is 0 Å². The molecule has 0 aliphatic heterocycles. The van der Waals surface area contributed by atoms with E-state index < -0.39 is 6.61 Å². The number of benzene rings is 1. The molecule has 0 bridgehead atoms. The van der Waals surface area contributed by atoms with Crippen molar-refractivity contribution in [3.8, 4) is 5.75 Å². The Morgan fingerprint density at radius 1 is 1.33 bits per heavy atom. The van der Waals surface area contributed by atoms with Crippen molar-refractivity contribution in [2.45, 2.75) is 45.9 Å². The van der Waals surface area contributed by atoms with E-state index in [1.807, 2.05) is 13.8 Å². The van der Waals surface area contributed by atoms with E-state index >= 15 is 0 Å². The van der Waals surface area contributed by atoms with E-state index in [2.05, 4.69) is 15.4 Å². The molecule has 0 aliphatic rings. The number of ether oxygens (including phenoxy) is 1. The Kier molecular flexibility index (Phi) is 7.08. The molecule has 4 nitrogen and oxygen atoms in total. The quantitative estimate of drug-likeness (QED) is 0.776. The lowest BCUT2D eigenvalue weighted by molar-refractivity contribution is -0.121. The van der Waals surface area contributed by atoms with E-state index in [9.17, 15) is 13.6 Å². The SMILES string of the molecule is CCC(C)NCC(=O)NC(C)c1cccc(OC(F)F)c1. The van der Waals surface area contributed by atoms with Crippen LogP contribution in [0.3, 0.4) is 0 Å². The molecule has 2 N–H and O–H groups in total. The lowest BCUT2D eigenvalue weighted by Gasteiger charge is -2.17. The molecule has 21 heavy (non-hydrogen) atoms. The maximum atomic E-state index is 12.2. The Morgan fingerprint density at radius 2 is 2.05 bits per heavy atom. The number of amides is 1. The van der Waals surface area contributed by atoms with E-state index in [1.54, 1.807) is 19.1 Å². The lowest BCUT2D eigenvalue weighted by Crippen LogP contribution is -2.38. The highest BCUT2D eigenvalue weighted by molar-refractivity contribution is 5.78. The molecule has 0 saturated carbocycles. The third kappa shape index (κ3) is 6.53. The van der Waals surface area contributed by atoms with Gasteiger partial charge in [0.05, 0.1) is 12.6 Å². The number of alkyl halides is 2. The summed E-state index contributed by atoms with van der Waals surface area (Å²) in [6.07, 6.45) is 0.940. The molecule has 2 unspecified atom stereocenters. The van der Waals surface area contributed by atoms with Gasteiger partial charge in [0, 0.05) is 6.04 Å². The standard InChI is InChI=1S/C15H22F2N2O2/c1-4-10(2)18-9-14(20)19-11(3)12-6-5-7-13(8-12)21-15(16)17/h5-8,10-11,15,18H,4,9H2,1-3H3,(H,19,20). The van der Waals surface area contributed by atoms with Crippen LogP contribution in [-0.4, -0.2) is 25.1 Å². The van der Waals surface area contributed by atoms with Crippen molar-refractivity contribution in [1.29, 1.82) is 0 Å². The number of rotatable bonds is 8. The fraction of sp³-hybridized carbons (Fsp3) is 0.533. The molecular formula is C15H22F2N2O2. The number of carbonyl (C=O) groups is 1. The van der Waals surface area contributed by atoms with E-state index in [0.29, 0.717) is 5.56 Å². The third-order valence-electron chi connectivity index (χ3n) is 3.18. The Labute approximate surface area is 123 Å². The van der Waals surface area contributed by atoms with Crippen molar-refractivity contribution >= 4 is 5.91 Å². The lowest BCUT2D eigenvalue weighted by atomic mass is 10.1. The van der Waals surface area contributed by atoms with Gasteiger partial charge in [0.25, 0.3) is 0 Å². The monoisotopic (exact) mass is 300 g/mol. The number of carbonyl (C=O) groups excluding carboxylic acids is 1. The third-order valence-corrected chi connectivity index (χ3v) is 3.18. The number of nitrogens with one attached hydrogen (secondary N) is 2. The maximum Gasteiger partial charge on any atom is 0.387 e. The number of halogens is 2. The molecule has 0 saturated heterocycles. The predicted octanol–water partition coefficient (Wildman–Crippen LogP) is 2.85. The fourth-order valence-corrected chi connectivity index (χ4v) is 1.75. The molecular weight excluding hydrogens is 278 g/mol. The summed E-state index contributed by atoms with van der Waals surface area (Å²) in [5, 5.41) is 5.90. The molecule has 118 valence electrons. The zero-order valence-corrected chi connectivity index (χ0v) is 12.5. The van der Waals surface area contributed by atoms with Gasteiger partial charge in [-0.2, -0.15) is 8.78 Å². The van der Waals surface area contributed by atoms with Crippen molar-refractivity contribution in [1.82, 2.24) is 10.6 Å². The van der Waals surface area contributed by atoms with Crippen LogP contribution >= 0.6 is 0 Å². The first kappa shape index (κ1) is 17.4. The predicted molar refractivity (Wildman–Crippen MR) is 77.4 cm³/mol.